The summed E-state index contributed by atoms with van der Waals surface area (Å²) in [7, 11) is 0. The van der Waals surface area contributed by atoms with Crippen LogP contribution in [0.3, 0.4) is 0 Å². The molecule has 0 atom stereocenters. The molecule has 0 unspecified atom stereocenters. The largest absolute Gasteiger partial charge is 0.478 e. The van der Waals surface area contributed by atoms with Crippen molar-refractivity contribution in [3.8, 4) is 0 Å². The Balaban J connectivity index is 3.37. The second kappa shape index (κ2) is 2.91. The molecule has 1 rings (SSSR count). The van der Waals surface area contributed by atoms with Crippen molar-refractivity contribution < 1.29 is 9.90 Å². The maximum atomic E-state index is 10.5. The predicted molar refractivity (Wildman–Crippen MR) is 47.2 cm³/mol. The summed E-state index contributed by atoms with van der Waals surface area (Å²) in [4.78, 5) is 10.5. The summed E-state index contributed by atoms with van der Waals surface area (Å²) in [6.07, 6.45) is 0. The van der Waals surface area contributed by atoms with Crippen molar-refractivity contribution in [2.24, 2.45) is 0 Å². The monoisotopic (exact) mass is 186 g/mol. The third-order valence-corrected chi connectivity index (χ3v) is 1.78. The Hall–Kier alpha value is -1.42. The smallest absolute Gasteiger partial charge is 0.337 e. The van der Waals surface area contributed by atoms with Crippen LogP contribution in [-0.2, 0) is 0 Å². The minimum absolute atomic E-state index is 0.0247. The van der Waals surface area contributed by atoms with E-state index in [0.717, 1.165) is 0 Å². The van der Waals surface area contributed by atoms with Gasteiger partial charge < -0.3 is 16.6 Å². The number of halogens is 1. The zero-order valence-corrected chi connectivity index (χ0v) is 6.80. The van der Waals surface area contributed by atoms with Crippen molar-refractivity contribution in [1.29, 1.82) is 0 Å². The summed E-state index contributed by atoms with van der Waals surface area (Å²) >= 11 is 5.60. The zero-order chi connectivity index (χ0) is 9.30. The molecular formula is C7H7ClN2O2. The summed E-state index contributed by atoms with van der Waals surface area (Å²) in [5.74, 6) is -1.14. The molecule has 0 aliphatic carbocycles. The lowest BCUT2D eigenvalue weighted by Gasteiger charge is -2.03. The summed E-state index contributed by atoms with van der Waals surface area (Å²) < 4.78 is 0. The van der Waals surface area contributed by atoms with Crippen LogP contribution in [-0.4, -0.2) is 11.1 Å². The molecule has 0 spiro atoms. The number of benzene rings is 1. The van der Waals surface area contributed by atoms with E-state index in [2.05, 4.69) is 0 Å². The van der Waals surface area contributed by atoms with Crippen molar-refractivity contribution in [3.63, 3.8) is 0 Å². The van der Waals surface area contributed by atoms with Crippen molar-refractivity contribution in [2.75, 3.05) is 11.5 Å². The first-order chi connectivity index (χ1) is 5.52. The maximum Gasteiger partial charge on any atom is 0.337 e. The molecule has 0 saturated heterocycles. The topological polar surface area (TPSA) is 89.3 Å². The van der Waals surface area contributed by atoms with Gasteiger partial charge in [-0.2, -0.15) is 0 Å². The number of hydrogen-bond acceptors (Lipinski definition) is 3. The molecular weight excluding hydrogens is 180 g/mol. The predicted octanol–water partition coefficient (Wildman–Crippen LogP) is 1.20. The Morgan fingerprint density at radius 3 is 2.50 bits per heavy atom. The van der Waals surface area contributed by atoms with E-state index in [4.69, 9.17) is 28.2 Å². The van der Waals surface area contributed by atoms with E-state index >= 15 is 0 Å². The Kier molecular flexibility index (Phi) is 2.10. The summed E-state index contributed by atoms with van der Waals surface area (Å²) in [5.41, 5.74) is 11.1. The van der Waals surface area contributed by atoms with Gasteiger partial charge in [0.2, 0.25) is 0 Å². The second-order valence-electron chi connectivity index (χ2n) is 2.28. The van der Waals surface area contributed by atoms with E-state index in [0.29, 0.717) is 0 Å². The van der Waals surface area contributed by atoms with Gasteiger partial charge in [0.25, 0.3) is 0 Å². The highest BCUT2D eigenvalue weighted by molar-refractivity contribution is 6.36. The second-order valence-corrected chi connectivity index (χ2v) is 2.65. The van der Waals surface area contributed by atoms with Crippen LogP contribution in [0.4, 0.5) is 11.4 Å². The Morgan fingerprint density at radius 1 is 1.42 bits per heavy atom. The number of rotatable bonds is 1. The number of carbonyl (C=O) groups is 1. The molecule has 12 heavy (non-hydrogen) atoms. The van der Waals surface area contributed by atoms with Gasteiger partial charge in [-0.3, -0.25) is 0 Å². The average molecular weight is 187 g/mol. The summed E-state index contributed by atoms with van der Waals surface area (Å²) in [6.45, 7) is 0. The minimum atomic E-state index is -1.14. The van der Waals surface area contributed by atoms with Crippen LogP contribution in [0.2, 0.25) is 5.02 Å². The van der Waals surface area contributed by atoms with Crippen LogP contribution >= 0.6 is 11.6 Å². The quantitative estimate of drug-likeness (QED) is 0.575. The first kappa shape index (κ1) is 8.67. The number of nitrogen functional groups attached to an aromatic ring is 2. The molecule has 0 radical (unpaired) electrons. The number of carboxylic acids is 1. The molecule has 0 amide bonds. The van der Waals surface area contributed by atoms with Gasteiger partial charge in [0, 0.05) is 5.69 Å². The Morgan fingerprint density at radius 2 is 2.00 bits per heavy atom. The van der Waals surface area contributed by atoms with Crippen LogP contribution in [0, 0.1) is 0 Å². The molecule has 0 saturated carbocycles. The van der Waals surface area contributed by atoms with Gasteiger partial charge in [-0.05, 0) is 12.1 Å². The third-order valence-electron chi connectivity index (χ3n) is 1.35. The fourth-order valence-electron chi connectivity index (χ4n) is 0.826. The molecule has 0 aromatic heterocycles. The van der Waals surface area contributed by atoms with Crippen molar-refractivity contribution in [1.82, 2.24) is 0 Å². The molecule has 0 bridgehead atoms. The summed E-state index contributed by atoms with van der Waals surface area (Å²) in [6, 6.07) is 2.68. The lowest BCUT2D eigenvalue weighted by atomic mass is 10.2. The van der Waals surface area contributed by atoms with Gasteiger partial charge in [-0.15, -0.1) is 0 Å². The standard InChI is InChI=1S/C7H7ClN2O2/c8-6-4(7(11)12)1-3(9)2-5(6)10/h1-2H,9-10H2,(H,11,12). The van der Waals surface area contributed by atoms with Crippen LogP contribution in [0.15, 0.2) is 12.1 Å². The molecule has 0 aliphatic rings. The van der Waals surface area contributed by atoms with Gasteiger partial charge in [0.15, 0.2) is 0 Å². The maximum absolute atomic E-state index is 10.5. The third kappa shape index (κ3) is 1.43. The number of anilines is 2. The molecule has 5 heteroatoms. The van der Waals surface area contributed by atoms with E-state index in [9.17, 15) is 4.79 Å². The van der Waals surface area contributed by atoms with Crippen LogP contribution in [0.1, 0.15) is 10.4 Å². The highest BCUT2D eigenvalue weighted by atomic mass is 35.5. The fourth-order valence-corrected chi connectivity index (χ4v) is 1.02. The van der Waals surface area contributed by atoms with Crippen molar-refractivity contribution in [3.05, 3.63) is 22.7 Å². The first-order valence-corrected chi connectivity index (χ1v) is 3.48. The highest BCUT2D eigenvalue weighted by Crippen LogP contribution is 2.26. The van der Waals surface area contributed by atoms with Crippen molar-refractivity contribution in [2.45, 2.75) is 0 Å². The van der Waals surface area contributed by atoms with Crippen LogP contribution < -0.4 is 11.5 Å². The number of aromatic carboxylic acids is 1. The van der Waals surface area contributed by atoms with Gasteiger partial charge >= 0.3 is 5.97 Å². The molecule has 0 aliphatic heterocycles. The number of hydrogen-bond donors (Lipinski definition) is 3. The number of carboxylic acid groups (broad SMARTS) is 1. The van der Waals surface area contributed by atoms with E-state index in [1.54, 1.807) is 0 Å². The summed E-state index contributed by atoms with van der Waals surface area (Å²) in [5, 5.41) is 8.64. The molecule has 1 aromatic rings. The minimum Gasteiger partial charge on any atom is -0.478 e. The van der Waals surface area contributed by atoms with Crippen molar-refractivity contribution >= 4 is 28.9 Å². The van der Waals surface area contributed by atoms with Gasteiger partial charge in [0.1, 0.15) is 0 Å². The normalized spacial score (nSPS) is 9.75. The van der Waals surface area contributed by atoms with Crippen LogP contribution in [0.25, 0.3) is 0 Å². The van der Waals surface area contributed by atoms with E-state index in [1.165, 1.54) is 12.1 Å². The van der Waals surface area contributed by atoms with Gasteiger partial charge in [-0.25, -0.2) is 4.79 Å². The molecule has 64 valence electrons. The SMILES string of the molecule is Nc1cc(N)c(Cl)c(C(=O)O)c1. The van der Waals surface area contributed by atoms with Crippen LogP contribution in [0.5, 0.6) is 0 Å². The molecule has 0 fully saturated rings. The molecule has 1 aromatic carbocycles. The Labute approximate surface area is 73.7 Å². The zero-order valence-electron chi connectivity index (χ0n) is 6.04. The lowest BCUT2D eigenvalue weighted by Crippen LogP contribution is -2.02. The Bertz CT molecular complexity index is 338. The van der Waals surface area contributed by atoms with E-state index < -0.39 is 5.97 Å². The number of nitrogens with two attached hydrogens (primary N) is 2. The highest BCUT2D eigenvalue weighted by Gasteiger charge is 2.11. The fraction of sp³-hybridized carbons (Fsp3) is 0. The molecule has 5 N–H and O–H groups in total. The van der Waals surface area contributed by atoms with E-state index in [-0.39, 0.29) is 22.0 Å². The molecule has 0 heterocycles. The van der Waals surface area contributed by atoms with Gasteiger partial charge in [-0.1, -0.05) is 11.6 Å². The van der Waals surface area contributed by atoms with Gasteiger partial charge in [0.05, 0.1) is 16.3 Å². The average Bonchev–Trinajstić information content (AvgIpc) is 1.96. The first-order valence-electron chi connectivity index (χ1n) is 3.10. The lowest BCUT2D eigenvalue weighted by molar-refractivity contribution is 0.0697. The van der Waals surface area contributed by atoms with E-state index in [1.807, 2.05) is 0 Å². The molecule has 4 nitrogen and oxygen atoms in total.